The molecule has 22 heteroatoms. The second-order valence-electron chi connectivity index (χ2n) is 12.8. The number of nitrogens with zero attached hydrogens (tertiary/aromatic N) is 4. The number of fused-ring (bicyclic) bond motifs is 1. The van der Waals surface area contributed by atoms with E-state index in [-0.39, 0.29) is 35.7 Å². The molecule has 1 aromatic heterocycles. The molecular weight excluding hydrogens is 729 g/mol. The number of amidine groups is 1. The number of aromatic nitrogens is 1. The molecule has 2 aromatic rings. The van der Waals surface area contributed by atoms with E-state index in [1.54, 1.807) is 18.2 Å². The van der Waals surface area contributed by atoms with Crippen LogP contribution in [0, 0.1) is 0 Å². The number of carbonyl (C=O) groups excluding carboxylic acids is 2. The number of carboxylic acid groups (broad SMARTS) is 1. The van der Waals surface area contributed by atoms with Crippen molar-refractivity contribution in [2.75, 3.05) is 18.9 Å². The Morgan fingerprint density at radius 3 is 2.58 bits per heavy atom. The zero-order valence-corrected chi connectivity index (χ0v) is 30.1. The van der Waals surface area contributed by atoms with Gasteiger partial charge in [-0.15, -0.1) is 15.6 Å². The number of amides is 2. The van der Waals surface area contributed by atoms with Gasteiger partial charge in [-0.05, 0) is 83.2 Å². The number of anilines is 1. The van der Waals surface area contributed by atoms with Crippen molar-refractivity contribution in [2.45, 2.75) is 88.3 Å². The number of carboxylic acids is 1. The molecule has 2 aliphatic rings. The lowest BCUT2D eigenvalue weighted by Gasteiger charge is -2.50. The third-order valence-corrected chi connectivity index (χ3v) is 9.64. The number of aliphatic carboxylic acids is 1. The number of hydroxylamine groups is 2. The van der Waals surface area contributed by atoms with Gasteiger partial charge in [-0.25, -0.2) is 9.78 Å². The average Bonchev–Trinajstić information content (AvgIpc) is 3.52. The summed E-state index contributed by atoms with van der Waals surface area (Å²) in [5.41, 5.74) is 14.8. The molecule has 4 rings (SSSR count). The predicted molar refractivity (Wildman–Crippen MR) is 185 cm³/mol. The topological polar surface area (TPSA) is 325 Å². The Hall–Kier alpha value is -4.45. The van der Waals surface area contributed by atoms with Gasteiger partial charge in [0.05, 0.1) is 24.3 Å². The maximum Gasteiger partial charge on any atom is 0.418 e. The van der Waals surface area contributed by atoms with Crippen LogP contribution in [0.25, 0.3) is 0 Å². The van der Waals surface area contributed by atoms with Crippen molar-refractivity contribution in [3.05, 3.63) is 40.4 Å². The zero-order valence-electron chi connectivity index (χ0n) is 28.5. The van der Waals surface area contributed by atoms with E-state index in [0.717, 1.165) is 11.3 Å². The lowest BCUT2D eigenvalue weighted by Crippen LogP contribution is -2.76. The van der Waals surface area contributed by atoms with Gasteiger partial charge < -0.3 is 47.4 Å². The Morgan fingerprint density at radius 2 is 2.00 bits per heavy atom. The van der Waals surface area contributed by atoms with Crippen molar-refractivity contribution in [2.24, 2.45) is 21.6 Å². The second-order valence-corrected chi connectivity index (χ2v) is 14.7. The molecule has 1 fully saturated rings. The van der Waals surface area contributed by atoms with Gasteiger partial charge in [-0.2, -0.15) is 13.5 Å². The number of rotatable bonds is 17. The number of aliphatic hydroxyl groups excluding tert-OH is 2. The van der Waals surface area contributed by atoms with Gasteiger partial charge in [0.2, 0.25) is 0 Å². The lowest BCUT2D eigenvalue weighted by molar-refractivity contribution is -0.218. The minimum atomic E-state index is -5.05. The molecule has 3 heterocycles. The van der Waals surface area contributed by atoms with E-state index in [0.29, 0.717) is 54.2 Å². The summed E-state index contributed by atoms with van der Waals surface area (Å²) >= 11 is 0.946. The SMILES string of the molecule is CC1(C)[C@H](NC(=O)/C(=N\O[C@](C)(C(=O)O)[C@H]2CCc3cc(C(N)=N[C@@H](CCN)CCC(O)CO)ccc3O2)c2csc(N)n2)C(=O)N1OS(=O)(=O)O. The van der Waals surface area contributed by atoms with E-state index in [4.69, 9.17) is 36.4 Å². The van der Waals surface area contributed by atoms with Crippen LogP contribution in [0.15, 0.2) is 33.7 Å². The number of aliphatic hydroxyl groups is 2. The van der Waals surface area contributed by atoms with Crippen molar-refractivity contribution in [3.63, 3.8) is 0 Å². The van der Waals surface area contributed by atoms with Crippen LogP contribution in [0.5, 0.6) is 5.75 Å². The van der Waals surface area contributed by atoms with Gasteiger partial charge in [0.1, 0.15) is 23.3 Å². The van der Waals surface area contributed by atoms with E-state index < -0.39 is 63.3 Å². The number of nitrogens with two attached hydrogens (primary N) is 3. The van der Waals surface area contributed by atoms with Crippen LogP contribution >= 0.6 is 11.3 Å². The average molecular weight is 771 g/mol. The summed E-state index contributed by atoms with van der Waals surface area (Å²) in [6, 6.07) is 3.39. The monoisotopic (exact) mass is 770 g/mol. The molecule has 52 heavy (non-hydrogen) atoms. The molecule has 0 radical (unpaired) electrons. The Kier molecular flexibility index (Phi) is 12.5. The number of nitrogens with one attached hydrogen (secondary N) is 1. The largest absolute Gasteiger partial charge is 0.485 e. The van der Waals surface area contributed by atoms with Gasteiger partial charge in [0.15, 0.2) is 16.9 Å². The normalized spacial score (nSPS) is 21.2. The lowest BCUT2D eigenvalue weighted by atomic mass is 9.84. The highest BCUT2D eigenvalue weighted by molar-refractivity contribution is 7.80. The highest BCUT2D eigenvalue weighted by Crippen LogP contribution is 2.35. The molecule has 5 atom stereocenters. The molecule has 1 aromatic carbocycles. The molecular formula is C30H42N8O12S2. The first kappa shape index (κ1) is 40.3. The van der Waals surface area contributed by atoms with Crippen LogP contribution in [0.4, 0.5) is 5.13 Å². The summed E-state index contributed by atoms with van der Waals surface area (Å²) < 4.78 is 41.8. The number of hydrogen-bond donors (Lipinski definition) is 8. The van der Waals surface area contributed by atoms with Crippen LogP contribution < -0.4 is 27.3 Å². The van der Waals surface area contributed by atoms with E-state index in [1.165, 1.54) is 26.2 Å². The fourth-order valence-electron chi connectivity index (χ4n) is 5.55. The van der Waals surface area contributed by atoms with Crippen LogP contribution in [0.2, 0.25) is 0 Å². The Balaban J connectivity index is 1.54. The second kappa shape index (κ2) is 16.1. The fraction of sp³-hybridized carbons (Fsp3) is 0.533. The van der Waals surface area contributed by atoms with Crippen molar-refractivity contribution in [1.82, 2.24) is 15.4 Å². The number of aryl methyl sites for hydroxylation is 1. The minimum Gasteiger partial charge on any atom is -0.485 e. The Bertz CT molecular complexity index is 1830. The molecule has 0 bridgehead atoms. The molecule has 20 nitrogen and oxygen atoms in total. The number of benzene rings is 1. The first-order valence-corrected chi connectivity index (χ1v) is 18.2. The van der Waals surface area contributed by atoms with Crippen molar-refractivity contribution >= 4 is 56.2 Å². The molecule has 286 valence electrons. The standard InChI is InChI=1S/C30H42N8O12S2/c1-29(2)23(26(42)38(29)50-52(45,46)47)36-25(41)22(19-14-51-28(33)35-19)37-49-30(3,27(43)44)21-9-5-15-12-16(4-8-20(15)48-21)24(32)34-17(10-11-31)6-7-18(40)13-39/h4,8,12,14,17-18,21,23,39-40H,5-7,9-11,13,31H2,1-3H3,(H2,32,34)(H2,33,35)(H,36,41)(H,43,44)(H,45,46,47)/b37-22-/t17-,18?,21-,23-,30+/m1/s1. The summed E-state index contributed by atoms with van der Waals surface area (Å²) in [6.07, 6.45) is -0.210. The number of oxime groups is 1. The van der Waals surface area contributed by atoms with Crippen molar-refractivity contribution in [1.29, 1.82) is 0 Å². The Morgan fingerprint density at radius 1 is 1.29 bits per heavy atom. The molecule has 0 aliphatic carbocycles. The molecule has 0 spiro atoms. The van der Waals surface area contributed by atoms with Crippen LogP contribution in [-0.4, -0.2) is 116 Å². The van der Waals surface area contributed by atoms with Gasteiger partial charge in [-0.3, -0.25) is 19.1 Å². The maximum absolute atomic E-state index is 13.5. The zero-order chi connectivity index (χ0) is 38.6. The molecule has 2 aliphatic heterocycles. The van der Waals surface area contributed by atoms with E-state index in [2.05, 4.69) is 24.7 Å². The smallest absolute Gasteiger partial charge is 0.418 e. The van der Waals surface area contributed by atoms with E-state index >= 15 is 0 Å². The third kappa shape index (κ3) is 9.12. The minimum absolute atomic E-state index is 0.0388. The fourth-order valence-corrected chi connectivity index (χ4v) is 6.55. The number of thiazole rings is 1. The van der Waals surface area contributed by atoms with E-state index in [9.17, 15) is 33.0 Å². The molecule has 1 unspecified atom stereocenters. The van der Waals surface area contributed by atoms with Crippen LogP contribution in [0.3, 0.4) is 0 Å². The number of nitrogen functional groups attached to an aromatic ring is 1. The van der Waals surface area contributed by atoms with Gasteiger partial charge in [0.25, 0.3) is 17.4 Å². The summed E-state index contributed by atoms with van der Waals surface area (Å²) in [5, 5.41) is 37.2. The van der Waals surface area contributed by atoms with Gasteiger partial charge >= 0.3 is 16.4 Å². The van der Waals surface area contributed by atoms with Crippen molar-refractivity contribution < 1.29 is 56.5 Å². The number of hydrogen-bond acceptors (Lipinski definition) is 16. The predicted octanol–water partition coefficient (Wildman–Crippen LogP) is -0.921. The quantitative estimate of drug-likeness (QED) is 0.0317. The molecule has 2 amide bonds. The van der Waals surface area contributed by atoms with Crippen molar-refractivity contribution in [3.8, 4) is 5.75 Å². The summed E-state index contributed by atoms with van der Waals surface area (Å²) in [6.45, 7) is 3.91. The Labute approximate surface area is 302 Å². The molecule has 1 saturated heterocycles. The summed E-state index contributed by atoms with van der Waals surface area (Å²) in [5.74, 6) is -2.95. The highest BCUT2D eigenvalue weighted by atomic mass is 32.3. The van der Waals surface area contributed by atoms with E-state index in [1.807, 2.05) is 0 Å². The summed E-state index contributed by atoms with van der Waals surface area (Å²) in [4.78, 5) is 53.0. The number of aliphatic imine (C=N–C) groups is 1. The molecule has 0 saturated carbocycles. The van der Waals surface area contributed by atoms with Gasteiger partial charge in [-0.1, -0.05) is 5.16 Å². The first-order chi connectivity index (χ1) is 24.3. The molecule has 11 N–H and O–H groups in total. The maximum atomic E-state index is 13.5. The number of β-lactam (4-membered cyclic amide) rings is 1. The number of ether oxygens (including phenoxy) is 1. The van der Waals surface area contributed by atoms with Gasteiger partial charge in [0, 0.05) is 10.9 Å². The first-order valence-electron chi connectivity index (χ1n) is 16.0. The number of carbonyl (C=O) groups is 3. The highest BCUT2D eigenvalue weighted by Gasteiger charge is 2.58. The summed E-state index contributed by atoms with van der Waals surface area (Å²) in [7, 11) is -5.05. The third-order valence-electron chi connectivity index (χ3n) is 8.63. The van der Waals surface area contributed by atoms with Crippen LogP contribution in [0.1, 0.15) is 63.3 Å². The van der Waals surface area contributed by atoms with Crippen LogP contribution in [-0.2, 0) is 40.3 Å².